The van der Waals surface area contributed by atoms with E-state index in [2.05, 4.69) is 14.9 Å². The predicted molar refractivity (Wildman–Crippen MR) is 132 cm³/mol. The van der Waals surface area contributed by atoms with E-state index in [9.17, 15) is 9.90 Å². The number of benzene rings is 2. The number of carbonyl (C=O) groups is 1. The minimum atomic E-state index is -1.06. The Bertz CT molecular complexity index is 1400. The summed E-state index contributed by atoms with van der Waals surface area (Å²) < 4.78 is 21.6. The van der Waals surface area contributed by atoms with Crippen molar-refractivity contribution in [1.29, 1.82) is 0 Å². The first kappa shape index (κ1) is 23.9. The summed E-state index contributed by atoms with van der Waals surface area (Å²) in [6.07, 6.45) is 3.70. The molecule has 2 aromatic heterocycles. The number of aromatic carboxylic acids is 1. The lowest BCUT2D eigenvalue weighted by Gasteiger charge is -2.25. The van der Waals surface area contributed by atoms with Crippen molar-refractivity contribution in [2.45, 2.75) is 31.6 Å². The summed E-state index contributed by atoms with van der Waals surface area (Å²) in [4.78, 5) is 11.4. The second kappa shape index (κ2) is 10.0. The van der Waals surface area contributed by atoms with Crippen LogP contribution in [0.2, 0.25) is 5.02 Å². The summed E-state index contributed by atoms with van der Waals surface area (Å²) in [6.45, 7) is 0.397. The lowest BCUT2D eigenvalue weighted by atomic mass is 9.98. The molecule has 0 aliphatic carbocycles. The predicted octanol–water partition coefficient (Wildman–Crippen LogP) is 5.08. The lowest BCUT2D eigenvalue weighted by molar-refractivity contribution is -0.000670. The number of aryl methyl sites for hydroxylation is 1. The van der Waals surface area contributed by atoms with Crippen LogP contribution < -0.4 is 9.47 Å². The number of nitrogens with zero attached hydrogens (tertiary/aromatic N) is 4. The van der Waals surface area contributed by atoms with Gasteiger partial charge >= 0.3 is 5.97 Å². The van der Waals surface area contributed by atoms with E-state index in [0.29, 0.717) is 35.9 Å². The molecule has 0 fully saturated rings. The lowest BCUT2D eigenvalue weighted by Crippen LogP contribution is -2.14. The molecule has 0 bridgehead atoms. The number of para-hydroxylation sites is 1. The van der Waals surface area contributed by atoms with Crippen LogP contribution in [0.3, 0.4) is 0 Å². The minimum absolute atomic E-state index is 0.0567. The van der Waals surface area contributed by atoms with Gasteiger partial charge in [-0.1, -0.05) is 28.9 Å². The van der Waals surface area contributed by atoms with Crippen molar-refractivity contribution < 1.29 is 24.1 Å². The van der Waals surface area contributed by atoms with E-state index < -0.39 is 12.1 Å². The molecule has 0 radical (unpaired) electrons. The van der Waals surface area contributed by atoms with E-state index >= 15 is 0 Å². The number of halogens is 1. The number of rotatable bonds is 8. The van der Waals surface area contributed by atoms with Gasteiger partial charge in [-0.05, 0) is 49.2 Å². The summed E-state index contributed by atoms with van der Waals surface area (Å²) in [7, 11) is 3.21. The quantitative estimate of drug-likeness (QED) is 0.354. The Kier molecular flexibility index (Phi) is 6.67. The zero-order valence-corrected chi connectivity index (χ0v) is 20.6. The number of carboxylic acids is 1. The monoisotopic (exact) mass is 508 g/mol. The van der Waals surface area contributed by atoms with Gasteiger partial charge in [-0.2, -0.15) is 0 Å². The molecule has 0 spiro atoms. The van der Waals surface area contributed by atoms with Crippen LogP contribution in [0.25, 0.3) is 5.69 Å². The molecule has 186 valence electrons. The van der Waals surface area contributed by atoms with E-state index in [1.54, 1.807) is 14.2 Å². The van der Waals surface area contributed by atoms with Crippen molar-refractivity contribution in [1.82, 2.24) is 19.6 Å². The van der Waals surface area contributed by atoms with Crippen LogP contribution in [0, 0.1) is 0 Å². The molecular weight excluding hydrogens is 484 g/mol. The molecule has 1 N–H and O–H groups in total. The molecule has 2 aromatic carbocycles. The van der Waals surface area contributed by atoms with Gasteiger partial charge < -0.3 is 23.9 Å². The SMILES string of the molecule is COc1cccc([C@H]2O[C@H](CCCn3nncc3C(=O)O)c3cccn3-c3ccc(Cl)cc32)c1OC. The zero-order chi connectivity index (χ0) is 25.2. The first-order chi connectivity index (χ1) is 17.5. The number of fused-ring (bicyclic) bond motifs is 3. The Balaban J connectivity index is 1.54. The van der Waals surface area contributed by atoms with Gasteiger partial charge in [-0.3, -0.25) is 0 Å². The standard InChI is InChI=1S/C26H25ClN4O5/c1-34-23-8-3-6-17(25(23)35-2)24-18-14-16(27)10-11-19(18)30-12-4-7-20(30)22(36-24)9-5-13-31-21(26(32)33)15-28-29-31/h3-4,6-8,10-12,14-15,22,24H,5,9,13H2,1-2H3,(H,32,33)/t22-,24-/m1/s1. The average molecular weight is 509 g/mol. The molecule has 9 nitrogen and oxygen atoms in total. The first-order valence-corrected chi connectivity index (χ1v) is 11.8. The molecule has 36 heavy (non-hydrogen) atoms. The Morgan fingerprint density at radius 1 is 1.14 bits per heavy atom. The average Bonchev–Trinajstić information content (AvgIpc) is 3.53. The molecule has 0 saturated carbocycles. The smallest absolute Gasteiger partial charge is 0.355 e. The van der Waals surface area contributed by atoms with Crippen molar-refractivity contribution in [3.63, 3.8) is 0 Å². The van der Waals surface area contributed by atoms with Crippen molar-refractivity contribution >= 4 is 17.6 Å². The van der Waals surface area contributed by atoms with Crippen LogP contribution in [0.15, 0.2) is 60.9 Å². The molecule has 0 unspecified atom stereocenters. The van der Waals surface area contributed by atoms with Crippen molar-refractivity contribution in [2.24, 2.45) is 0 Å². The molecule has 0 saturated heterocycles. The third kappa shape index (κ3) is 4.31. The maximum Gasteiger partial charge on any atom is 0.355 e. The second-order valence-corrected chi connectivity index (χ2v) is 8.82. The van der Waals surface area contributed by atoms with Crippen LogP contribution in [-0.2, 0) is 11.3 Å². The molecule has 3 heterocycles. The van der Waals surface area contributed by atoms with Crippen LogP contribution in [0.5, 0.6) is 11.5 Å². The van der Waals surface area contributed by atoms with Gasteiger partial charge in [0.25, 0.3) is 0 Å². The largest absolute Gasteiger partial charge is 0.493 e. The third-order valence-electron chi connectivity index (χ3n) is 6.33. The van der Waals surface area contributed by atoms with Gasteiger partial charge in [0.1, 0.15) is 6.10 Å². The Labute approximate surface area is 212 Å². The highest BCUT2D eigenvalue weighted by molar-refractivity contribution is 6.30. The van der Waals surface area contributed by atoms with Crippen molar-refractivity contribution in [3.8, 4) is 17.2 Å². The number of carboxylic acid groups (broad SMARTS) is 1. The van der Waals surface area contributed by atoms with Crippen LogP contribution >= 0.6 is 11.6 Å². The highest BCUT2D eigenvalue weighted by Gasteiger charge is 2.32. The topological polar surface area (TPSA) is 101 Å². The summed E-state index contributed by atoms with van der Waals surface area (Å²) in [5.41, 5.74) is 3.72. The van der Waals surface area contributed by atoms with Gasteiger partial charge in [0.2, 0.25) is 0 Å². The fraction of sp³-hybridized carbons (Fsp3) is 0.269. The number of ether oxygens (including phenoxy) is 3. The van der Waals surface area contributed by atoms with Gasteiger partial charge in [-0.25, -0.2) is 9.48 Å². The molecule has 4 aromatic rings. The normalized spacial score (nSPS) is 16.6. The van der Waals surface area contributed by atoms with Gasteiger partial charge in [0.05, 0.1) is 37.9 Å². The summed E-state index contributed by atoms with van der Waals surface area (Å²) in [5.74, 6) is 0.141. The fourth-order valence-electron chi connectivity index (χ4n) is 4.73. The zero-order valence-electron chi connectivity index (χ0n) is 19.8. The highest BCUT2D eigenvalue weighted by atomic mass is 35.5. The number of aromatic nitrogens is 4. The number of hydrogen-bond donors (Lipinski definition) is 1. The molecule has 2 atom stereocenters. The molecule has 10 heteroatoms. The van der Waals surface area contributed by atoms with Gasteiger partial charge in [0, 0.05) is 28.9 Å². The summed E-state index contributed by atoms with van der Waals surface area (Å²) >= 11 is 6.45. The molecular formula is C26H25ClN4O5. The highest BCUT2D eigenvalue weighted by Crippen LogP contribution is 2.46. The van der Waals surface area contributed by atoms with E-state index in [1.165, 1.54) is 10.9 Å². The molecule has 1 aliphatic heterocycles. The van der Waals surface area contributed by atoms with E-state index in [0.717, 1.165) is 22.5 Å². The van der Waals surface area contributed by atoms with Crippen molar-refractivity contribution in [3.05, 3.63) is 88.5 Å². The Hall–Kier alpha value is -3.82. The van der Waals surface area contributed by atoms with E-state index in [4.69, 9.17) is 25.8 Å². The number of methoxy groups -OCH3 is 2. The van der Waals surface area contributed by atoms with E-state index in [-0.39, 0.29) is 11.8 Å². The van der Waals surface area contributed by atoms with Crippen LogP contribution in [0.4, 0.5) is 0 Å². The third-order valence-corrected chi connectivity index (χ3v) is 6.57. The molecule has 5 rings (SSSR count). The minimum Gasteiger partial charge on any atom is -0.493 e. The second-order valence-electron chi connectivity index (χ2n) is 8.38. The van der Waals surface area contributed by atoms with Gasteiger partial charge in [-0.15, -0.1) is 5.10 Å². The van der Waals surface area contributed by atoms with Crippen LogP contribution in [-0.4, -0.2) is 44.9 Å². The van der Waals surface area contributed by atoms with Crippen LogP contribution in [0.1, 0.15) is 52.4 Å². The summed E-state index contributed by atoms with van der Waals surface area (Å²) in [5, 5.41) is 17.6. The summed E-state index contributed by atoms with van der Waals surface area (Å²) in [6, 6.07) is 15.5. The molecule has 0 amide bonds. The first-order valence-electron chi connectivity index (χ1n) is 11.5. The Morgan fingerprint density at radius 3 is 2.78 bits per heavy atom. The Morgan fingerprint density at radius 2 is 2.00 bits per heavy atom. The number of hydrogen-bond acceptors (Lipinski definition) is 6. The maximum atomic E-state index is 11.4. The maximum absolute atomic E-state index is 11.4. The fourth-order valence-corrected chi connectivity index (χ4v) is 4.91. The van der Waals surface area contributed by atoms with Crippen molar-refractivity contribution in [2.75, 3.05) is 14.2 Å². The molecule has 1 aliphatic rings. The van der Waals surface area contributed by atoms with E-state index in [1.807, 2.05) is 54.7 Å². The van der Waals surface area contributed by atoms with Gasteiger partial charge in [0.15, 0.2) is 17.2 Å².